The number of halogens is 1. The highest BCUT2D eigenvalue weighted by Gasteiger charge is 2.27. The van der Waals surface area contributed by atoms with E-state index in [0.717, 1.165) is 25.9 Å². The van der Waals surface area contributed by atoms with E-state index in [4.69, 9.17) is 16.3 Å². The lowest BCUT2D eigenvalue weighted by molar-refractivity contribution is -0.384. The third-order valence-corrected chi connectivity index (χ3v) is 5.09. The standard InChI is InChI=1S/C17H23ClN2O3/c18-13-6-7-16(17(12-13)20(21)22)19-10-8-15(9-11-19)23-14-4-2-1-3-5-14/h6-7,12,14-15H,1-5,8-11H2. The van der Waals surface area contributed by atoms with Crippen molar-refractivity contribution in [2.75, 3.05) is 18.0 Å². The lowest BCUT2D eigenvalue weighted by Crippen LogP contribution is -2.39. The van der Waals surface area contributed by atoms with Crippen LogP contribution in [-0.4, -0.2) is 30.2 Å². The molecule has 6 heteroatoms. The Bertz CT molecular complexity index is 553. The molecule has 2 aliphatic rings. The van der Waals surface area contributed by atoms with Crippen molar-refractivity contribution in [3.8, 4) is 0 Å². The lowest BCUT2D eigenvalue weighted by Gasteiger charge is -2.35. The summed E-state index contributed by atoms with van der Waals surface area (Å²) in [5.74, 6) is 0. The maximum atomic E-state index is 11.2. The summed E-state index contributed by atoms with van der Waals surface area (Å²) in [4.78, 5) is 13.0. The van der Waals surface area contributed by atoms with Crippen molar-refractivity contribution in [2.24, 2.45) is 0 Å². The maximum absolute atomic E-state index is 11.2. The molecule has 0 aromatic heterocycles. The minimum atomic E-state index is -0.355. The molecule has 1 aliphatic carbocycles. The summed E-state index contributed by atoms with van der Waals surface area (Å²) < 4.78 is 6.23. The van der Waals surface area contributed by atoms with Gasteiger partial charge in [0.2, 0.25) is 0 Å². The highest BCUT2D eigenvalue weighted by Crippen LogP contribution is 2.33. The van der Waals surface area contributed by atoms with E-state index in [2.05, 4.69) is 4.90 Å². The molecule has 1 aromatic rings. The number of nitrogens with zero attached hydrogens (tertiary/aromatic N) is 2. The monoisotopic (exact) mass is 338 g/mol. The second-order valence-corrected chi connectivity index (χ2v) is 6.91. The molecule has 0 bridgehead atoms. The van der Waals surface area contributed by atoms with E-state index in [1.807, 2.05) is 0 Å². The molecule has 3 rings (SSSR count). The zero-order valence-corrected chi connectivity index (χ0v) is 14.0. The van der Waals surface area contributed by atoms with E-state index >= 15 is 0 Å². The van der Waals surface area contributed by atoms with Gasteiger partial charge in [-0.2, -0.15) is 0 Å². The second-order valence-electron chi connectivity index (χ2n) is 6.47. The Kier molecular flexibility index (Phi) is 5.38. The van der Waals surface area contributed by atoms with E-state index < -0.39 is 0 Å². The smallest absolute Gasteiger partial charge is 0.294 e. The van der Waals surface area contributed by atoms with E-state index in [1.54, 1.807) is 12.1 Å². The number of hydrogen-bond acceptors (Lipinski definition) is 4. The van der Waals surface area contributed by atoms with Gasteiger partial charge in [0.05, 0.1) is 17.1 Å². The fraction of sp³-hybridized carbons (Fsp3) is 0.647. The van der Waals surface area contributed by atoms with Crippen LogP contribution in [0.4, 0.5) is 11.4 Å². The third kappa shape index (κ3) is 4.15. The van der Waals surface area contributed by atoms with Gasteiger partial charge in [0, 0.05) is 24.2 Å². The van der Waals surface area contributed by atoms with Crippen LogP contribution in [0, 0.1) is 10.1 Å². The molecular formula is C17H23ClN2O3. The maximum Gasteiger partial charge on any atom is 0.294 e. The van der Waals surface area contributed by atoms with Crippen LogP contribution in [0.15, 0.2) is 18.2 Å². The summed E-state index contributed by atoms with van der Waals surface area (Å²) in [5, 5.41) is 11.6. The first kappa shape index (κ1) is 16.5. The molecule has 1 saturated heterocycles. The van der Waals surface area contributed by atoms with Crippen LogP contribution in [0.5, 0.6) is 0 Å². The van der Waals surface area contributed by atoms with Crippen molar-refractivity contribution >= 4 is 23.0 Å². The van der Waals surface area contributed by atoms with Crippen LogP contribution >= 0.6 is 11.6 Å². The second kappa shape index (κ2) is 7.49. The molecule has 0 unspecified atom stereocenters. The normalized spacial score (nSPS) is 20.7. The number of anilines is 1. The van der Waals surface area contributed by atoms with Crippen molar-refractivity contribution in [1.82, 2.24) is 0 Å². The molecule has 0 N–H and O–H groups in total. The number of benzene rings is 1. The van der Waals surface area contributed by atoms with Crippen molar-refractivity contribution in [3.05, 3.63) is 33.3 Å². The Morgan fingerprint density at radius 2 is 1.74 bits per heavy atom. The van der Waals surface area contributed by atoms with Crippen LogP contribution in [0.1, 0.15) is 44.9 Å². The van der Waals surface area contributed by atoms with Crippen LogP contribution < -0.4 is 4.90 Å². The summed E-state index contributed by atoms with van der Waals surface area (Å²) in [6, 6.07) is 4.90. The average Bonchev–Trinajstić information content (AvgIpc) is 2.56. The fourth-order valence-electron chi connectivity index (χ4n) is 3.62. The van der Waals surface area contributed by atoms with Crippen LogP contribution in [0.3, 0.4) is 0 Å². The number of nitro groups is 1. The first-order chi connectivity index (χ1) is 11.1. The van der Waals surface area contributed by atoms with Gasteiger partial charge in [-0.25, -0.2) is 0 Å². The molecule has 0 amide bonds. The number of nitro benzene ring substituents is 1. The summed E-state index contributed by atoms with van der Waals surface area (Å²) in [6.45, 7) is 1.58. The van der Waals surface area contributed by atoms with Crippen molar-refractivity contribution in [2.45, 2.75) is 57.2 Å². The first-order valence-corrected chi connectivity index (χ1v) is 8.85. The van der Waals surface area contributed by atoms with Gasteiger partial charge in [-0.3, -0.25) is 10.1 Å². The highest BCUT2D eigenvalue weighted by atomic mass is 35.5. The molecule has 0 spiro atoms. The SMILES string of the molecule is O=[N+]([O-])c1cc(Cl)ccc1N1CCC(OC2CCCCC2)CC1. The predicted molar refractivity (Wildman–Crippen MR) is 91.3 cm³/mol. The topological polar surface area (TPSA) is 55.6 Å². The number of rotatable bonds is 4. The molecule has 2 fully saturated rings. The molecule has 1 heterocycles. The number of ether oxygens (including phenoxy) is 1. The molecule has 1 saturated carbocycles. The quantitative estimate of drug-likeness (QED) is 0.596. The van der Waals surface area contributed by atoms with Crippen molar-refractivity contribution < 1.29 is 9.66 Å². The van der Waals surface area contributed by atoms with Gasteiger partial charge in [0.1, 0.15) is 5.69 Å². The molecule has 1 aliphatic heterocycles. The van der Waals surface area contributed by atoms with Gasteiger partial charge in [-0.1, -0.05) is 30.9 Å². The molecule has 23 heavy (non-hydrogen) atoms. The molecule has 126 valence electrons. The molecule has 5 nitrogen and oxygen atoms in total. The van der Waals surface area contributed by atoms with Crippen LogP contribution in [0.25, 0.3) is 0 Å². The van der Waals surface area contributed by atoms with Crippen molar-refractivity contribution in [1.29, 1.82) is 0 Å². The van der Waals surface area contributed by atoms with E-state index in [9.17, 15) is 10.1 Å². The third-order valence-electron chi connectivity index (χ3n) is 4.85. The number of hydrogen-bond donors (Lipinski definition) is 0. The zero-order valence-electron chi connectivity index (χ0n) is 13.2. The molecule has 1 aromatic carbocycles. The largest absolute Gasteiger partial charge is 0.375 e. The van der Waals surface area contributed by atoms with Crippen molar-refractivity contribution in [3.63, 3.8) is 0 Å². The summed E-state index contributed by atoms with van der Waals surface area (Å²) >= 11 is 5.89. The minimum Gasteiger partial charge on any atom is -0.375 e. The Labute approximate surface area is 141 Å². The summed E-state index contributed by atoms with van der Waals surface area (Å²) in [6.07, 6.45) is 8.82. The van der Waals surface area contributed by atoms with E-state index in [0.29, 0.717) is 22.9 Å². The molecule has 0 radical (unpaired) electrons. The van der Waals surface area contributed by atoms with Gasteiger partial charge in [-0.15, -0.1) is 0 Å². The minimum absolute atomic E-state index is 0.0872. The lowest BCUT2D eigenvalue weighted by atomic mass is 9.97. The molecule has 0 atom stereocenters. The number of piperidine rings is 1. The summed E-state index contributed by atoms with van der Waals surface area (Å²) in [5.41, 5.74) is 0.750. The van der Waals surface area contributed by atoms with Gasteiger partial charge in [-0.05, 0) is 37.8 Å². The highest BCUT2D eigenvalue weighted by molar-refractivity contribution is 6.30. The fourth-order valence-corrected chi connectivity index (χ4v) is 3.78. The Morgan fingerprint density at radius 1 is 1.09 bits per heavy atom. The van der Waals surface area contributed by atoms with Gasteiger partial charge in [0.15, 0.2) is 0 Å². The predicted octanol–water partition coefficient (Wildman–Crippen LogP) is 4.57. The van der Waals surface area contributed by atoms with Gasteiger partial charge >= 0.3 is 0 Å². The molecular weight excluding hydrogens is 316 g/mol. The van der Waals surface area contributed by atoms with Crippen LogP contribution in [-0.2, 0) is 4.74 Å². The Morgan fingerprint density at radius 3 is 2.39 bits per heavy atom. The van der Waals surface area contributed by atoms with E-state index in [1.165, 1.54) is 38.2 Å². The Hall–Kier alpha value is -1.33. The summed E-state index contributed by atoms with van der Waals surface area (Å²) in [7, 11) is 0. The van der Waals surface area contributed by atoms with Gasteiger partial charge in [0.25, 0.3) is 5.69 Å². The zero-order chi connectivity index (χ0) is 16.2. The Balaban J connectivity index is 1.59. The van der Waals surface area contributed by atoms with Gasteiger partial charge < -0.3 is 9.64 Å². The van der Waals surface area contributed by atoms with Crippen LogP contribution in [0.2, 0.25) is 5.02 Å². The van der Waals surface area contributed by atoms with E-state index in [-0.39, 0.29) is 10.6 Å². The first-order valence-electron chi connectivity index (χ1n) is 8.48. The average molecular weight is 339 g/mol.